The molecule has 104 valence electrons. The van der Waals surface area contributed by atoms with Crippen LogP contribution in [-0.4, -0.2) is 30.1 Å². The Morgan fingerprint density at radius 2 is 2.20 bits per heavy atom. The standard InChI is InChI=1S/C14H17N5O/c1-2-3-4-5-11(20)6-10-7-15-14-12-13(17-8-16-12)18-9-19(10)14/h7-9H,2-6H2,1H3,(H,16,17). The number of unbranched alkanes of at least 4 members (excludes halogenated alkanes) is 2. The van der Waals surface area contributed by atoms with Gasteiger partial charge in [-0.25, -0.2) is 15.0 Å². The van der Waals surface area contributed by atoms with E-state index in [1.54, 1.807) is 18.9 Å². The Morgan fingerprint density at radius 3 is 3.05 bits per heavy atom. The van der Waals surface area contributed by atoms with Gasteiger partial charge in [0.25, 0.3) is 0 Å². The molecule has 0 saturated carbocycles. The van der Waals surface area contributed by atoms with E-state index in [-0.39, 0.29) is 5.78 Å². The summed E-state index contributed by atoms with van der Waals surface area (Å²) in [6.07, 6.45) is 9.28. The number of carbonyl (C=O) groups excluding carboxylic acids is 1. The second kappa shape index (κ2) is 5.40. The van der Waals surface area contributed by atoms with E-state index in [1.807, 2.05) is 4.40 Å². The molecule has 0 amide bonds. The van der Waals surface area contributed by atoms with E-state index in [4.69, 9.17) is 0 Å². The molecule has 0 aliphatic carbocycles. The van der Waals surface area contributed by atoms with Crippen LogP contribution in [0.2, 0.25) is 0 Å². The molecule has 0 bridgehead atoms. The number of carbonyl (C=O) groups is 1. The Hall–Kier alpha value is -2.24. The number of fused-ring (bicyclic) bond motifs is 3. The largest absolute Gasteiger partial charge is 0.340 e. The van der Waals surface area contributed by atoms with E-state index in [0.29, 0.717) is 18.5 Å². The summed E-state index contributed by atoms with van der Waals surface area (Å²) in [5.74, 6) is 0.255. The van der Waals surface area contributed by atoms with Crippen LogP contribution in [0.3, 0.4) is 0 Å². The highest BCUT2D eigenvalue weighted by Gasteiger charge is 2.12. The van der Waals surface area contributed by atoms with Gasteiger partial charge in [0.2, 0.25) is 0 Å². The van der Waals surface area contributed by atoms with Crippen LogP contribution in [0, 0.1) is 0 Å². The van der Waals surface area contributed by atoms with E-state index >= 15 is 0 Å². The molecule has 0 spiro atoms. The van der Waals surface area contributed by atoms with Crippen molar-refractivity contribution < 1.29 is 4.79 Å². The number of hydrogen-bond donors (Lipinski definition) is 1. The minimum absolute atomic E-state index is 0.255. The van der Waals surface area contributed by atoms with Gasteiger partial charge in [0, 0.05) is 19.0 Å². The Kier molecular flexibility index (Phi) is 3.45. The molecule has 6 heteroatoms. The molecular weight excluding hydrogens is 254 g/mol. The number of rotatable bonds is 6. The SMILES string of the molecule is CCCCCC(=O)Cc1cnc2c3[nH]cnc3ncn12. The number of ketones is 1. The normalized spacial score (nSPS) is 11.4. The highest BCUT2D eigenvalue weighted by Crippen LogP contribution is 2.15. The zero-order valence-electron chi connectivity index (χ0n) is 11.5. The van der Waals surface area contributed by atoms with Crippen LogP contribution < -0.4 is 0 Å². The molecule has 3 rings (SSSR count). The van der Waals surface area contributed by atoms with Crippen molar-refractivity contribution >= 4 is 22.6 Å². The summed E-state index contributed by atoms with van der Waals surface area (Å²) in [6.45, 7) is 2.14. The fourth-order valence-electron chi connectivity index (χ4n) is 2.37. The van der Waals surface area contributed by atoms with Gasteiger partial charge in [-0.3, -0.25) is 9.20 Å². The van der Waals surface area contributed by atoms with Crippen molar-refractivity contribution in [2.45, 2.75) is 39.0 Å². The number of Topliss-reactive ketones (excluding diaryl/α,β-unsaturated/α-hetero) is 1. The van der Waals surface area contributed by atoms with Gasteiger partial charge in [-0.05, 0) is 6.42 Å². The van der Waals surface area contributed by atoms with Crippen LogP contribution in [0.25, 0.3) is 16.8 Å². The van der Waals surface area contributed by atoms with Crippen molar-refractivity contribution in [3.05, 3.63) is 24.5 Å². The number of aromatic nitrogens is 5. The molecule has 0 aliphatic heterocycles. The molecule has 0 atom stereocenters. The first-order chi connectivity index (χ1) is 9.79. The van der Waals surface area contributed by atoms with Gasteiger partial charge in [0.1, 0.15) is 17.6 Å². The van der Waals surface area contributed by atoms with Gasteiger partial charge >= 0.3 is 0 Å². The summed E-state index contributed by atoms with van der Waals surface area (Å²) < 4.78 is 1.86. The van der Waals surface area contributed by atoms with Crippen molar-refractivity contribution in [2.24, 2.45) is 0 Å². The highest BCUT2D eigenvalue weighted by molar-refractivity contribution is 5.86. The Balaban J connectivity index is 1.83. The maximum atomic E-state index is 12.0. The van der Waals surface area contributed by atoms with Crippen LogP contribution in [0.4, 0.5) is 0 Å². The summed E-state index contributed by atoms with van der Waals surface area (Å²) >= 11 is 0. The first-order valence-electron chi connectivity index (χ1n) is 6.95. The Labute approximate surface area is 116 Å². The van der Waals surface area contributed by atoms with E-state index in [9.17, 15) is 4.79 Å². The quantitative estimate of drug-likeness (QED) is 0.698. The maximum Gasteiger partial charge on any atom is 0.182 e. The smallest absolute Gasteiger partial charge is 0.182 e. The summed E-state index contributed by atoms with van der Waals surface area (Å²) in [5.41, 5.74) is 3.09. The highest BCUT2D eigenvalue weighted by atomic mass is 16.1. The van der Waals surface area contributed by atoms with Crippen LogP contribution in [-0.2, 0) is 11.2 Å². The van der Waals surface area contributed by atoms with Crippen molar-refractivity contribution in [1.82, 2.24) is 24.3 Å². The monoisotopic (exact) mass is 271 g/mol. The minimum atomic E-state index is 0.255. The van der Waals surface area contributed by atoms with Gasteiger partial charge in [-0.2, -0.15) is 0 Å². The average Bonchev–Trinajstić information content (AvgIpc) is 3.05. The molecule has 0 radical (unpaired) electrons. The zero-order chi connectivity index (χ0) is 13.9. The fraction of sp³-hybridized carbons (Fsp3) is 0.429. The predicted molar refractivity (Wildman–Crippen MR) is 75.5 cm³/mol. The summed E-state index contributed by atoms with van der Waals surface area (Å²) in [6, 6.07) is 0. The summed E-state index contributed by atoms with van der Waals surface area (Å²) in [7, 11) is 0. The van der Waals surface area contributed by atoms with Crippen LogP contribution >= 0.6 is 0 Å². The van der Waals surface area contributed by atoms with E-state index in [1.165, 1.54) is 0 Å². The number of aromatic amines is 1. The molecule has 3 aromatic heterocycles. The number of H-pyrrole nitrogens is 1. The number of hydrogen-bond acceptors (Lipinski definition) is 4. The molecule has 0 unspecified atom stereocenters. The van der Waals surface area contributed by atoms with Gasteiger partial charge < -0.3 is 4.98 Å². The average molecular weight is 271 g/mol. The third kappa shape index (κ3) is 2.29. The lowest BCUT2D eigenvalue weighted by molar-refractivity contribution is -0.118. The molecule has 1 N–H and O–H groups in total. The van der Waals surface area contributed by atoms with Crippen molar-refractivity contribution in [1.29, 1.82) is 0 Å². The third-order valence-electron chi connectivity index (χ3n) is 3.45. The van der Waals surface area contributed by atoms with Crippen LogP contribution in [0.5, 0.6) is 0 Å². The summed E-state index contributed by atoms with van der Waals surface area (Å²) in [4.78, 5) is 27.7. The van der Waals surface area contributed by atoms with Gasteiger partial charge in [0.05, 0.1) is 12.0 Å². The van der Waals surface area contributed by atoms with Crippen molar-refractivity contribution in [3.63, 3.8) is 0 Å². The lowest BCUT2D eigenvalue weighted by atomic mass is 10.1. The Morgan fingerprint density at radius 1 is 1.30 bits per heavy atom. The topological polar surface area (TPSA) is 75.9 Å². The Bertz CT molecular complexity index is 742. The van der Waals surface area contributed by atoms with E-state index in [2.05, 4.69) is 26.9 Å². The number of imidazole rings is 2. The molecule has 6 nitrogen and oxygen atoms in total. The van der Waals surface area contributed by atoms with Gasteiger partial charge in [0.15, 0.2) is 11.3 Å². The molecule has 3 aromatic rings. The van der Waals surface area contributed by atoms with Gasteiger partial charge in [-0.15, -0.1) is 0 Å². The molecule has 20 heavy (non-hydrogen) atoms. The summed E-state index contributed by atoms with van der Waals surface area (Å²) in [5, 5.41) is 0. The lowest BCUT2D eigenvalue weighted by Crippen LogP contribution is -2.05. The zero-order valence-corrected chi connectivity index (χ0v) is 11.5. The molecular formula is C14H17N5O. The van der Waals surface area contributed by atoms with Gasteiger partial charge in [-0.1, -0.05) is 19.8 Å². The predicted octanol–water partition coefficient (Wildman–Crippen LogP) is 2.30. The number of nitrogens with one attached hydrogen (secondary N) is 1. The molecule has 3 heterocycles. The second-order valence-corrected chi connectivity index (χ2v) is 4.96. The minimum Gasteiger partial charge on any atom is -0.340 e. The van der Waals surface area contributed by atoms with E-state index in [0.717, 1.165) is 36.1 Å². The molecule has 0 aliphatic rings. The third-order valence-corrected chi connectivity index (χ3v) is 3.45. The lowest BCUT2D eigenvalue weighted by Gasteiger charge is -2.01. The van der Waals surface area contributed by atoms with Crippen molar-refractivity contribution in [3.8, 4) is 0 Å². The second-order valence-electron chi connectivity index (χ2n) is 4.96. The fourth-order valence-corrected chi connectivity index (χ4v) is 2.37. The molecule has 0 aromatic carbocycles. The maximum absolute atomic E-state index is 12.0. The first-order valence-corrected chi connectivity index (χ1v) is 6.95. The molecule has 0 saturated heterocycles. The number of nitrogens with zero attached hydrogens (tertiary/aromatic N) is 4. The molecule has 0 fully saturated rings. The van der Waals surface area contributed by atoms with Crippen molar-refractivity contribution in [2.75, 3.05) is 0 Å². The van der Waals surface area contributed by atoms with Crippen LogP contribution in [0.1, 0.15) is 38.3 Å². The van der Waals surface area contributed by atoms with Crippen LogP contribution in [0.15, 0.2) is 18.9 Å². The first kappa shape index (κ1) is 12.8. The van der Waals surface area contributed by atoms with E-state index < -0.39 is 0 Å².